The fourth-order valence-electron chi connectivity index (χ4n) is 5.33. The van der Waals surface area contributed by atoms with Gasteiger partial charge in [0.25, 0.3) is 10.1 Å². The van der Waals surface area contributed by atoms with Crippen molar-refractivity contribution in [2.75, 3.05) is 71.3 Å². The van der Waals surface area contributed by atoms with Crippen molar-refractivity contribution >= 4 is 66.5 Å². The van der Waals surface area contributed by atoms with Crippen LogP contribution in [0.2, 0.25) is 5.02 Å². The van der Waals surface area contributed by atoms with Crippen LogP contribution in [-0.4, -0.2) is 106 Å². The molecule has 1 aliphatic rings. The molecule has 0 fully saturated rings. The summed E-state index contributed by atoms with van der Waals surface area (Å²) in [4.78, 5) is 24.8. The number of aryl methyl sites for hydroxylation is 2. The van der Waals surface area contributed by atoms with Crippen LogP contribution in [0.25, 0.3) is 0 Å². The standard InChI is InChI=1S/C28H36ClN7O4S.C7H9NO3S/c1-18-7-8-22(25(13-18)41(38,39)35(4)5)31-27-21(29)16-30-28(33-27)32-23-14-19-9-11-36(17-26(37)34(2)3)12-10-20(19)15-24(23)40-6;1-5-2-3-6(8)7(4-5)12(9,10)11/h7-8,13-16H,9-12,17H2,1-6H3,(H2,30,31,32,33);2-4H,8H2,1H3,(H,9,10,11). The van der Waals surface area contributed by atoms with E-state index >= 15 is 0 Å². The van der Waals surface area contributed by atoms with Crippen molar-refractivity contribution in [2.24, 2.45) is 0 Å². The van der Waals surface area contributed by atoms with Gasteiger partial charge in [-0.3, -0.25) is 14.2 Å². The highest BCUT2D eigenvalue weighted by atomic mass is 35.5. The molecule has 0 atom stereocenters. The first-order chi connectivity index (χ1) is 24.8. The smallest absolute Gasteiger partial charge is 0.296 e. The number of carbonyl (C=O) groups excluding carboxylic acids is 1. The number of aromatic nitrogens is 2. The predicted octanol–water partition coefficient (Wildman–Crippen LogP) is 4.50. The molecule has 0 radical (unpaired) electrons. The summed E-state index contributed by atoms with van der Waals surface area (Å²) in [5.74, 6) is 1.22. The molecule has 0 saturated heterocycles. The lowest BCUT2D eigenvalue weighted by atomic mass is 10.0. The van der Waals surface area contributed by atoms with E-state index < -0.39 is 20.1 Å². The minimum absolute atomic E-state index is 0.0584. The van der Waals surface area contributed by atoms with E-state index in [4.69, 9.17) is 26.6 Å². The third kappa shape index (κ3) is 10.6. The van der Waals surface area contributed by atoms with Crippen molar-refractivity contribution in [2.45, 2.75) is 36.5 Å². The van der Waals surface area contributed by atoms with Gasteiger partial charge < -0.3 is 26.0 Å². The third-order valence-electron chi connectivity index (χ3n) is 8.36. The average Bonchev–Trinajstić information content (AvgIpc) is 3.28. The number of anilines is 5. The van der Waals surface area contributed by atoms with Gasteiger partial charge in [0.2, 0.25) is 21.9 Å². The van der Waals surface area contributed by atoms with Gasteiger partial charge in [0.05, 0.1) is 36.9 Å². The number of hydrogen-bond donors (Lipinski definition) is 4. The van der Waals surface area contributed by atoms with Gasteiger partial charge in [0.15, 0.2) is 5.82 Å². The number of amides is 1. The molecule has 1 aromatic heterocycles. The van der Waals surface area contributed by atoms with Gasteiger partial charge in [-0.15, -0.1) is 0 Å². The molecule has 4 aromatic rings. The van der Waals surface area contributed by atoms with Crippen molar-refractivity contribution in [1.82, 2.24) is 24.1 Å². The van der Waals surface area contributed by atoms with Crippen LogP contribution in [-0.2, 0) is 37.8 Å². The van der Waals surface area contributed by atoms with Crippen molar-refractivity contribution < 1.29 is 30.9 Å². The molecular weight excluding hydrogens is 744 g/mol. The lowest BCUT2D eigenvalue weighted by Gasteiger charge is -2.21. The average molecular weight is 789 g/mol. The Labute approximate surface area is 315 Å². The molecule has 2 heterocycles. The number of ether oxygens (including phenoxy) is 1. The number of nitrogens with one attached hydrogen (secondary N) is 2. The second-order valence-corrected chi connectivity index (χ2v) is 16.7. The summed E-state index contributed by atoms with van der Waals surface area (Å²) in [7, 11) is 0.189. The number of sulfonamides is 1. The Bertz CT molecular complexity index is 2200. The molecule has 0 aliphatic carbocycles. The van der Waals surface area contributed by atoms with E-state index in [0.29, 0.717) is 23.7 Å². The Balaban J connectivity index is 0.000000443. The summed E-state index contributed by atoms with van der Waals surface area (Å²) in [5, 5.41) is 6.53. The van der Waals surface area contributed by atoms with Crippen molar-refractivity contribution in [3.05, 3.63) is 82.0 Å². The first kappa shape index (κ1) is 41.2. The van der Waals surface area contributed by atoms with E-state index in [9.17, 15) is 21.6 Å². The highest BCUT2D eigenvalue weighted by Gasteiger charge is 2.23. The lowest BCUT2D eigenvalue weighted by molar-refractivity contribution is -0.129. The first-order valence-electron chi connectivity index (χ1n) is 16.4. The Morgan fingerprint density at radius 2 is 1.53 bits per heavy atom. The van der Waals surface area contributed by atoms with Crippen LogP contribution >= 0.6 is 11.6 Å². The zero-order chi connectivity index (χ0) is 39.2. The van der Waals surface area contributed by atoms with E-state index in [1.165, 1.54) is 38.0 Å². The van der Waals surface area contributed by atoms with Crippen molar-refractivity contribution in [3.63, 3.8) is 0 Å². The van der Waals surface area contributed by atoms with Crippen LogP contribution in [0.3, 0.4) is 0 Å². The minimum Gasteiger partial charge on any atom is -0.495 e. The Kier molecular flexibility index (Phi) is 13.3. The maximum absolute atomic E-state index is 13.0. The quantitative estimate of drug-likeness (QED) is 0.130. The second kappa shape index (κ2) is 17.1. The van der Waals surface area contributed by atoms with Crippen LogP contribution in [0.5, 0.6) is 5.75 Å². The summed E-state index contributed by atoms with van der Waals surface area (Å²) in [6.07, 6.45) is 3.02. The van der Waals surface area contributed by atoms with E-state index in [-0.39, 0.29) is 38.2 Å². The Morgan fingerprint density at radius 3 is 2.09 bits per heavy atom. The second-order valence-electron chi connectivity index (χ2n) is 12.8. The molecule has 18 heteroatoms. The molecule has 1 aliphatic heterocycles. The first-order valence-corrected chi connectivity index (χ1v) is 19.6. The molecule has 0 saturated carbocycles. The number of carbonyl (C=O) groups is 1. The number of likely N-dealkylation sites (N-methyl/N-ethyl adjacent to an activating group) is 1. The topological polar surface area (TPSA) is 200 Å². The zero-order valence-corrected chi connectivity index (χ0v) is 33.0. The number of nitrogen functional groups attached to an aromatic ring is 1. The van der Waals surface area contributed by atoms with Gasteiger partial charge in [-0.05, 0) is 85.3 Å². The van der Waals surface area contributed by atoms with Gasteiger partial charge in [0, 0.05) is 41.3 Å². The van der Waals surface area contributed by atoms with Crippen LogP contribution < -0.4 is 21.1 Å². The minimum atomic E-state index is -4.18. The number of nitrogens with two attached hydrogens (primary N) is 1. The number of nitrogens with zero attached hydrogens (tertiary/aromatic N) is 5. The molecular formula is C35H45ClN8O7S2. The Morgan fingerprint density at radius 1 is 0.925 bits per heavy atom. The van der Waals surface area contributed by atoms with Crippen LogP contribution in [0.4, 0.5) is 28.8 Å². The van der Waals surface area contributed by atoms with E-state index in [1.807, 2.05) is 25.1 Å². The number of methoxy groups -OCH3 is 1. The third-order valence-corrected chi connectivity index (χ3v) is 11.4. The summed E-state index contributed by atoms with van der Waals surface area (Å²) < 4.78 is 62.8. The maximum Gasteiger partial charge on any atom is 0.296 e. The SMILES string of the molecule is COc1cc2c(cc1Nc1ncc(Cl)c(Nc3ccc(C)cc3S(=O)(=O)N(C)C)n1)CCN(CC(=O)N(C)C)CC2.Cc1ccc(N)c(S(=O)(=O)O)c1. The van der Waals surface area contributed by atoms with Crippen molar-refractivity contribution in [1.29, 1.82) is 0 Å². The van der Waals surface area contributed by atoms with E-state index in [1.54, 1.807) is 51.2 Å². The molecule has 3 aromatic carbocycles. The summed E-state index contributed by atoms with van der Waals surface area (Å²) >= 11 is 6.42. The molecule has 1 amide bonds. The fraction of sp³-hybridized carbons (Fsp3) is 0.343. The fourth-order valence-corrected chi connectivity index (χ4v) is 7.29. The van der Waals surface area contributed by atoms with Gasteiger partial charge in [-0.25, -0.2) is 17.7 Å². The molecule has 53 heavy (non-hydrogen) atoms. The zero-order valence-electron chi connectivity index (χ0n) is 30.6. The van der Waals surface area contributed by atoms with Crippen molar-refractivity contribution in [3.8, 4) is 5.75 Å². The molecule has 0 bridgehead atoms. The molecule has 5 N–H and O–H groups in total. The normalized spacial score (nSPS) is 13.3. The predicted molar refractivity (Wildman–Crippen MR) is 207 cm³/mol. The molecule has 15 nitrogen and oxygen atoms in total. The van der Waals surface area contributed by atoms with Crippen LogP contribution in [0.15, 0.2) is 64.5 Å². The van der Waals surface area contributed by atoms with E-state index in [2.05, 4.69) is 25.5 Å². The lowest BCUT2D eigenvalue weighted by Crippen LogP contribution is -2.37. The largest absolute Gasteiger partial charge is 0.495 e. The maximum atomic E-state index is 13.0. The molecule has 0 unspecified atom stereocenters. The summed E-state index contributed by atoms with van der Waals surface area (Å²) in [6, 6.07) is 13.6. The molecule has 5 rings (SSSR count). The number of halogens is 1. The van der Waals surface area contributed by atoms with E-state index in [0.717, 1.165) is 46.9 Å². The number of fused-ring (bicyclic) bond motifs is 1. The molecule has 0 spiro atoms. The highest BCUT2D eigenvalue weighted by Crippen LogP contribution is 2.34. The van der Waals surface area contributed by atoms with Gasteiger partial charge in [-0.2, -0.15) is 13.4 Å². The van der Waals surface area contributed by atoms with Crippen LogP contribution in [0.1, 0.15) is 22.3 Å². The summed E-state index contributed by atoms with van der Waals surface area (Å²) in [5.41, 5.74) is 10.3. The number of benzene rings is 3. The Hall–Kier alpha value is -4.52. The van der Waals surface area contributed by atoms with Gasteiger partial charge in [-0.1, -0.05) is 23.7 Å². The number of hydrogen-bond acceptors (Lipinski definition) is 12. The highest BCUT2D eigenvalue weighted by molar-refractivity contribution is 7.89. The molecule has 286 valence electrons. The number of rotatable bonds is 10. The summed E-state index contributed by atoms with van der Waals surface area (Å²) in [6.45, 7) is 5.47. The van der Waals surface area contributed by atoms with Crippen LogP contribution in [0, 0.1) is 13.8 Å². The van der Waals surface area contributed by atoms with Gasteiger partial charge >= 0.3 is 0 Å². The monoisotopic (exact) mass is 788 g/mol. The van der Waals surface area contributed by atoms with Gasteiger partial charge in [0.1, 0.15) is 20.6 Å².